The van der Waals surface area contributed by atoms with Gasteiger partial charge in [0.1, 0.15) is 21.8 Å². The summed E-state index contributed by atoms with van der Waals surface area (Å²) in [5, 5.41) is 16.5. The van der Waals surface area contributed by atoms with Crippen LogP contribution in [0.2, 0.25) is 5.02 Å². The number of non-ortho nitro benzene ring substituents is 1. The highest BCUT2D eigenvalue weighted by atomic mass is 35.5. The fourth-order valence-electron chi connectivity index (χ4n) is 2.57. The number of nitrogens with one attached hydrogen (secondary N) is 2. The van der Waals surface area contributed by atoms with E-state index < -0.39 is 20.1 Å². The van der Waals surface area contributed by atoms with Crippen LogP contribution in [0.5, 0.6) is 11.5 Å². The van der Waals surface area contributed by atoms with Crippen LogP contribution in [0.15, 0.2) is 47.4 Å². The number of hydrogen-bond acceptors (Lipinski definition) is 7. The van der Waals surface area contributed by atoms with Crippen LogP contribution in [0.1, 0.15) is 0 Å². The summed E-state index contributed by atoms with van der Waals surface area (Å²) in [6.07, 6.45) is 0. The van der Waals surface area contributed by atoms with Gasteiger partial charge in [-0.1, -0.05) is 17.7 Å². The third kappa shape index (κ3) is 3.96. The number of benzene rings is 2. The molecule has 0 aromatic heterocycles. The van der Waals surface area contributed by atoms with E-state index in [1.807, 2.05) is 0 Å². The Morgan fingerprint density at radius 2 is 2.00 bits per heavy atom. The van der Waals surface area contributed by atoms with Gasteiger partial charge in [0, 0.05) is 36.8 Å². The maximum atomic E-state index is 13.0. The third-order valence-electron chi connectivity index (χ3n) is 3.85. The highest BCUT2D eigenvalue weighted by Gasteiger charge is 2.33. The molecule has 1 unspecified atom stereocenters. The Kier molecular flexibility index (Phi) is 5.42. The van der Waals surface area contributed by atoms with Crippen LogP contribution >= 0.6 is 11.6 Å². The molecule has 0 spiro atoms. The minimum atomic E-state index is -3.91. The highest BCUT2D eigenvalue weighted by Crippen LogP contribution is 2.34. The van der Waals surface area contributed by atoms with Crippen molar-refractivity contribution in [1.29, 1.82) is 0 Å². The molecule has 0 radical (unpaired) electrons. The Balaban J connectivity index is 2.05. The Morgan fingerprint density at radius 1 is 1.19 bits per heavy atom. The first-order chi connectivity index (χ1) is 12.4. The summed E-state index contributed by atoms with van der Waals surface area (Å²) >= 11 is 5.92. The molecule has 1 aliphatic rings. The number of hydrogen-bond donors (Lipinski definition) is 2. The van der Waals surface area contributed by atoms with E-state index in [1.54, 1.807) is 18.2 Å². The lowest BCUT2D eigenvalue weighted by atomic mass is 10.3. The quantitative estimate of drug-likeness (QED) is 0.588. The largest absolute Gasteiger partial charge is 0.456 e. The number of nitro benzene ring substituents is 1. The second-order valence-corrected chi connectivity index (χ2v) is 8.17. The van der Waals surface area contributed by atoms with Gasteiger partial charge >= 0.3 is 0 Å². The minimum Gasteiger partial charge on any atom is -0.456 e. The van der Waals surface area contributed by atoms with Crippen LogP contribution < -0.4 is 15.4 Å². The van der Waals surface area contributed by atoms with Crippen molar-refractivity contribution in [2.75, 3.05) is 19.6 Å². The number of ether oxygens (including phenoxy) is 1. The van der Waals surface area contributed by atoms with Crippen molar-refractivity contribution in [2.45, 2.75) is 10.3 Å². The maximum absolute atomic E-state index is 13.0. The Morgan fingerprint density at radius 3 is 2.65 bits per heavy atom. The molecule has 10 heteroatoms. The standard InChI is InChI=1S/C16H16ClN3O5S/c17-11-2-1-3-13(8-11)25-14-5-4-12(20(21)22)9-15(14)26(23,24)16-10-18-6-7-19-16/h1-5,8-9,16,18-19H,6-7,10H2. The molecule has 1 fully saturated rings. The molecule has 8 nitrogen and oxygen atoms in total. The average molecular weight is 398 g/mol. The number of nitro groups is 1. The number of halogens is 1. The summed E-state index contributed by atoms with van der Waals surface area (Å²) in [5.41, 5.74) is -0.328. The molecule has 2 aromatic rings. The van der Waals surface area contributed by atoms with Crippen molar-refractivity contribution in [3.8, 4) is 11.5 Å². The fraction of sp³-hybridized carbons (Fsp3) is 0.250. The predicted octanol–water partition coefficient (Wildman–Crippen LogP) is 2.33. The molecule has 1 heterocycles. The van der Waals surface area contributed by atoms with Crippen LogP contribution in [-0.2, 0) is 9.84 Å². The molecule has 0 bridgehead atoms. The van der Waals surface area contributed by atoms with Gasteiger partial charge in [-0.3, -0.25) is 15.4 Å². The lowest BCUT2D eigenvalue weighted by Gasteiger charge is -2.25. The van der Waals surface area contributed by atoms with Gasteiger partial charge in [-0.05, 0) is 24.3 Å². The number of piperazine rings is 1. The van der Waals surface area contributed by atoms with Crippen molar-refractivity contribution >= 4 is 27.1 Å². The Bertz CT molecular complexity index is 929. The Hall–Kier alpha value is -2.20. The van der Waals surface area contributed by atoms with Crippen molar-refractivity contribution in [2.24, 2.45) is 0 Å². The normalized spacial score (nSPS) is 17.7. The second kappa shape index (κ2) is 7.58. The van der Waals surface area contributed by atoms with Gasteiger partial charge in [0.15, 0.2) is 9.84 Å². The fourth-order valence-corrected chi connectivity index (χ4v) is 4.41. The van der Waals surface area contributed by atoms with Gasteiger partial charge in [0.25, 0.3) is 5.69 Å². The van der Waals surface area contributed by atoms with Gasteiger partial charge in [-0.15, -0.1) is 0 Å². The smallest absolute Gasteiger partial charge is 0.271 e. The molecular formula is C16H16ClN3O5S. The van der Waals surface area contributed by atoms with E-state index in [0.29, 0.717) is 23.9 Å². The molecule has 138 valence electrons. The van der Waals surface area contributed by atoms with Gasteiger partial charge in [0.05, 0.1) is 4.92 Å². The first kappa shape index (κ1) is 18.6. The molecule has 1 aliphatic heterocycles. The van der Waals surface area contributed by atoms with E-state index in [4.69, 9.17) is 16.3 Å². The van der Waals surface area contributed by atoms with Crippen molar-refractivity contribution < 1.29 is 18.1 Å². The summed E-state index contributed by atoms with van der Waals surface area (Å²) in [6, 6.07) is 9.95. The van der Waals surface area contributed by atoms with E-state index in [1.165, 1.54) is 18.2 Å². The lowest BCUT2D eigenvalue weighted by molar-refractivity contribution is -0.385. The third-order valence-corrected chi connectivity index (χ3v) is 6.10. The van der Waals surface area contributed by atoms with Crippen molar-refractivity contribution in [3.05, 3.63) is 57.6 Å². The maximum Gasteiger partial charge on any atom is 0.271 e. The molecule has 26 heavy (non-hydrogen) atoms. The van der Waals surface area contributed by atoms with Crippen molar-refractivity contribution in [3.63, 3.8) is 0 Å². The summed E-state index contributed by atoms with van der Waals surface area (Å²) in [6.45, 7) is 1.32. The van der Waals surface area contributed by atoms with Gasteiger partial charge in [-0.25, -0.2) is 8.42 Å². The molecule has 1 saturated heterocycles. The lowest BCUT2D eigenvalue weighted by Crippen LogP contribution is -2.52. The van der Waals surface area contributed by atoms with Gasteiger partial charge in [0.2, 0.25) is 0 Å². The zero-order valence-electron chi connectivity index (χ0n) is 13.5. The van der Waals surface area contributed by atoms with Gasteiger partial charge < -0.3 is 10.1 Å². The summed E-state index contributed by atoms with van der Waals surface area (Å²) in [5.74, 6) is 0.336. The van der Waals surface area contributed by atoms with Gasteiger partial charge in [-0.2, -0.15) is 0 Å². The molecule has 2 aromatic carbocycles. The number of nitrogens with zero attached hydrogens (tertiary/aromatic N) is 1. The summed E-state index contributed by atoms with van der Waals surface area (Å²) < 4.78 is 31.7. The minimum absolute atomic E-state index is 0.00485. The van der Waals surface area contributed by atoms with E-state index in [2.05, 4.69) is 10.6 Å². The highest BCUT2D eigenvalue weighted by molar-refractivity contribution is 7.92. The molecule has 2 N–H and O–H groups in total. The molecule has 1 atom stereocenters. The van der Waals surface area contributed by atoms with Crippen molar-refractivity contribution in [1.82, 2.24) is 10.6 Å². The first-order valence-electron chi connectivity index (χ1n) is 7.78. The van der Waals surface area contributed by atoms with E-state index in [0.717, 1.165) is 6.07 Å². The summed E-state index contributed by atoms with van der Waals surface area (Å²) in [7, 11) is -3.91. The first-order valence-corrected chi connectivity index (χ1v) is 9.70. The number of sulfone groups is 1. The second-order valence-electron chi connectivity index (χ2n) is 5.64. The van der Waals surface area contributed by atoms with E-state index >= 15 is 0 Å². The predicted molar refractivity (Wildman–Crippen MR) is 96.5 cm³/mol. The van der Waals surface area contributed by atoms with Crippen LogP contribution in [0.3, 0.4) is 0 Å². The van der Waals surface area contributed by atoms with Crippen LogP contribution in [0.25, 0.3) is 0 Å². The SMILES string of the molecule is O=[N+]([O-])c1ccc(Oc2cccc(Cl)c2)c(S(=O)(=O)C2CNCCN2)c1. The monoisotopic (exact) mass is 397 g/mol. The Labute approximate surface area is 155 Å². The van der Waals surface area contributed by atoms with Crippen LogP contribution in [-0.4, -0.2) is 38.3 Å². The average Bonchev–Trinajstić information content (AvgIpc) is 2.62. The van der Waals surface area contributed by atoms with Crippen LogP contribution in [0, 0.1) is 10.1 Å². The molecule has 0 saturated carbocycles. The van der Waals surface area contributed by atoms with E-state index in [-0.39, 0.29) is 22.9 Å². The zero-order chi connectivity index (χ0) is 18.7. The zero-order valence-corrected chi connectivity index (χ0v) is 15.1. The molecular weight excluding hydrogens is 382 g/mol. The van der Waals surface area contributed by atoms with E-state index in [9.17, 15) is 18.5 Å². The number of rotatable bonds is 5. The summed E-state index contributed by atoms with van der Waals surface area (Å²) in [4.78, 5) is 10.2. The molecule has 0 aliphatic carbocycles. The molecule has 0 amide bonds. The molecule has 3 rings (SSSR count). The van der Waals surface area contributed by atoms with Crippen LogP contribution in [0.4, 0.5) is 5.69 Å². The topological polar surface area (TPSA) is 111 Å².